The molecule has 0 amide bonds. The highest BCUT2D eigenvalue weighted by Gasteiger charge is 2.53. The fourth-order valence-electron chi connectivity index (χ4n) is 1.81. The van der Waals surface area contributed by atoms with E-state index in [-0.39, 0.29) is 5.54 Å². The predicted octanol–water partition coefficient (Wildman–Crippen LogP) is 1.64. The summed E-state index contributed by atoms with van der Waals surface area (Å²) in [4.78, 5) is 2.05. The lowest BCUT2D eigenvalue weighted by atomic mass is 9.98. The number of hydrogen-bond donors (Lipinski definition) is 0. The molecular weight excluding hydrogens is 188 g/mol. The zero-order chi connectivity index (χ0) is 10.4. The maximum atomic E-state index is 11.8. The molecule has 1 heterocycles. The van der Waals surface area contributed by atoms with Crippen molar-refractivity contribution in [1.82, 2.24) is 4.90 Å². The van der Waals surface area contributed by atoms with Gasteiger partial charge in [0.05, 0.1) is 0 Å². The molecule has 0 aromatic heterocycles. The topological polar surface area (TPSA) is 29.3 Å². The van der Waals surface area contributed by atoms with Gasteiger partial charge in [-0.1, -0.05) is 0 Å². The van der Waals surface area contributed by atoms with Gasteiger partial charge in [0.25, 0.3) is 0 Å². The second-order valence-corrected chi connectivity index (χ2v) is 4.75. The summed E-state index contributed by atoms with van der Waals surface area (Å²) < 4.78 is 1.03. The van der Waals surface area contributed by atoms with E-state index < -0.39 is 5.66 Å². The molecule has 0 atom stereocenters. The van der Waals surface area contributed by atoms with Crippen LogP contribution in [0.3, 0.4) is 0 Å². The quantitative estimate of drug-likeness (QED) is 0.369. The summed E-state index contributed by atoms with van der Waals surface area (Å²) in [5.74, 6) is 0.296. The number of hydroxylamine groups is 1. The minimum absolute atomic E-state index is 0.243. The molecule has 1 aliphatic heterocycles. The summed E-state index contributed by atoms with van der Waals surface area (Å²) in [5.41, 5.74) is 0.00226. The third-order valence-corrected chi connectivity index (χ3v) is 3.49. The standard InChI is InChI=1S/C9H17ClN2O/c1-8(2)7(6-10)12(13)9(3,4)11(8)5/h6H2,1-5H3. The van der Waals surface area contributed by atoms with Crippen LogP contribution in [0.1, 0.15) is 27.7 Å². The average Bonchev–Trinajstić information content (AvgIpc) is 2.12. The molecule has 0 fully saturated rings. The van der Waals surface area contributed by atoms with E-state index in [4.69, 9.17) is 11.6 Å². The van der Waals surface area contributed by atoms with E-state index in [0.717, 1.165) is 10.5 Å². The van der Waals surface area contributed by atoms with Gasteiger partial charge in [0.15, 0.2) is 5.71 Å². The molecule has 0 bridgehead atoms. The lowest BCUT2D eigenvalue weighted by Crippen LogP contribution is -2.51. The molecule has 0 saturated carbocycles. The van der Waals surface area contributed by atoms with Crippen LogP contribution in [0.15, 0.2) is 0 Å². The van der Waals surface area contributed by atoms with Crippen LogP contribution < -0.4 is 0 Å². The molecule has 13 heavy (non-hydrogen) atoms. The molecule has 1 rings (SSSR count). The van der Waals surface area contributed by atoms with Crippen molar-refractivity contribution in [2.45, 2.75) is 38.9 Å². The fraction of sp³-hybridized carbons (Fsp3) is 0.889. The molecule has 0 unspecified atom stereocenters. The Morgan fingerprint density at radius 2 is 1.85 bits per heavy atom. The number of hydrogen-bond acceptors (Lipinski definition) is 2. The minimum atomic E-state index is -0.492. The normalized spacial score (nSPS) is 26.9. The van der Waals surface area contributed by atoms with Crippen LogP contribution in [-0.4, -0.2) is 39.5 Å². The largest absolute Gasteiger partial charge is 0.622 e. The van der Waals surface area contributed by atoms with Gasteiger partial charge in [0, 0.05) is 13.8 Å². The molecule has 1 aliphatic rings. The highest BCUT2D eigenvalue weighted by atomic mass is 35.5. The summed E-state index contributed by atoms with van der Waals surface area (Å²) in [6.45, 7) is 7.84. The van der Waals surface area contributed by atoms with Gasteiger partial charge in [0.1, 0.15) is 11.4 Å². The third-order valence-electron chi connectivity index (χ3n) is 3.23. The van der Waals surface area contributed by atoms with E-state index in [1.807, 2.05) is 39.6 Å². The van der Waals surface area contributed by atoms with Gasteiger partial charge in [0.2, 0.25) is 5.66 Å². The highest BCUT2D eigenvalue weighted by Crippen LogP contribution is 2.32. The van der Waals surface area contributed by atoms with Gasteiger partial charge in [-0.2, -0.15) is 4.74 Å². The Morgan fingerprint density at radius 3 is 2.00 bits per heavy atom. The van der Waals surface area contributed by atoms with Crippen molar-refractivity contribution in [3.8, 4) is 0 Å². The predicted molar refractivity (Wildman–Crippen MR) is 55.3 cm³/mol. The van der Waals surface area contributed by atoms with Crippen LogP contribution in [0.4, 0.5) is 0 Å². The average molecular weight is 205 g/mol. The summed E-state index contributed by atoms with van der Waals surface area (Å²) in [7, 11) is 1.95. The van der Waals surface area contributed by atoms with Crippen molar-refractivity contribution in [3.05, 3.63) is 5.21 Å². The molecule has 0 saturated heterocycles. The molecule has 0 aromatic rings. The second kappa shape index (κ2) is 2.85. The first kappa shape index (κ1) is 10.8. The fourth-order valence-corrected chi connectivity index (χ4v) is 2.25. The van der Waals surface area contributed by atoms with Crippen molar-refractivity contribution in [2.75, 3.05) is 12.9 Å². The molecule has 4 heteroatoms. The van der Waals surface area contributed by atoms with Crippen LogP contribution in [0.5, 0.6) is 0 Å². The van der Waals surface area contributed by atoms with Gasteiger partial charge >= 0.3 is 0 Å². The zero-order valence-corrected chi connectivity index (χ0v) is 9.64. The lowest BCUT2D eigenvalue weighted by Gasteiger charge is -2.32. The van der Waals surface area contributed by atoms with Crippen molar-refractivity contribution < 1.29 is 4.74 Å². The number of alkyl halides is 1. The van der Waals surface area contributed by atoms with Gasteiger partial charge in [-0.25, -0.2) is 4.90 Å². The van der Waals surface area contributed by atoms with E-state index >= 15 is 0 Å². The van der Waals surface area contributed by atoms with Crippen LogP contribution in [0, 0.1) is 5.21 Å². The maximum absolute atomic E-state index is 11.8. The minimum Gasteiger partial charge on any atom is -0.622 e. The SMILES string of the molecule is CN1C(C)(C)C(CCl)=[N+]([O-])C1(C)C. The zero-order valence-electron chi connectivity index (χ0n) is 8.89. The van der Waals surface area contributed by atoms with Crippen molar-refractivity contribution >= 4 is 17.3 Å². The Morgan fingerprint density at radius 1 is 1.38 bits per heavy atom. The number of halogens is 1. The van der Waals surface area contributed by atoms with Crippen LogP contribution in [0.25, 0.3) is 0 Å². The summed E-state index contributed by atoms with van der Waals surface area (Å²) in [5, 5.41) is 11.8. The van der Waals surface area contributed by atoms with Crippen LogP contribution in [0.2, 0.25) is 0 Å². The Hall–Kier alpha value is -0.280. The molecule has 3 nitrogen and oxygen atoms in total. The molecule has 0 spiro atoms. The molecule has 0 aliphatic carbocycles. The van der Waals surface area contributed by atoms with E-state index in [2.05, 4.69) is 0 Å². The Bertz CT molecular complexity index is 258. The van der Waals surface area contributed by atoms with E-state index in [1.54, 1.807) is 0 Å². The third kappa shape index (κ3) is 1.25. The van der Waals surface area contributed by atoms with E-state index in [1.165, 1.54) is 0 Å². The van der Waals surface area contributed by atoms with E-state index in [9.17, 15) is 5.21 Å². The molecular formula is C9H17ClN2O. The molecule has 0 radical (unpaired) electrons. The van der Waals surface area contributed by atoms with Gasteiger partial charge in [-0.3, -0.25) is 0 Å². The maximum Gasteiger partial charge on any atom is 0.224 e. The first-order valence-electron chi connectivity index (χ1n) is 4.40. The number of nitrogens with zero attached hydrogens (tertiary/aromatic N) is 2. The summed E-state index contributed by atoms with van der Waals surface area (Å²) >= 11 is 5.77. The monoisotopic (exact) mass is 204 g/mol. The van der Waals surface area contributed by atoms with Gasteiger partial charge < -0.3 is 5.21 Å². The molecule has 76 valence electrons. The van der Waals surface area contributed by atoms with Gasteiger partial charge in [-0.05, 0) is 20.9 Å². The first-order chi connectivity index (χ1) is 5.76. The second-order valence-electron chi connectivity index (χ2n) is 4.49. The van der Waals surface area contributed by atoms with Gasteiger partial charge in [-0.15, -0.1) is 11.6 Å². The molecule has 0 aromatic carbocycles. The van der Waals surface area contributed by atoms with E-state index in [0.29, 0.717) is 5.88 Å². The van der Waals surface area contributed by atoms with Crippen molar-refractivity contribution in [1.29, 1.82) is 0 Å². The van der Waals surface area contributed by atoms with Crippen LogP contribution >= 0.6 is 11.6 Å². The smallest absolute Gasteiger partial charge is 0.224 e. The summed E-state index contributed by atoms with van der Waals surface area (Å²) in [6, 6.07) is 0. The van der Waals surface area contributed by atoms with Crippen molar-refractivity contribution in [3.63, 3.8) is 0 Å². The first-order valence-corrected chi connectivity index (χ1v) is 4.93. The van der Waals surface area contributed by atoms with Crippen LogP contribution in [-0.2, 0) is 0 Å². The lowest BCUT2D eigenvalue weighted by molar-refractivity contribution is -0.556. The Kier molecular flexibility index (Phi) is 2.37. The number of rotatable bonds is 1. The van der Waals surface area contributed by atoms with Crippen molar-refractivity contribution in [2.24, 2.45) is 0 Å². The summed E-state index contributed by atoms with van der Waals surface area (Å²) in [6.07, 6.45) is 0. The highest BCUT2D eigenvalue weighted by molar-refractivity contribution is 6.29. The Balaban J connectivity index is 3.23. The molecule has 0 N–H and O–H groups in total. The Labute approximate surface area is 84.6 Å².